The number of nitrogens with zero attached hydrogens (tertiary/aromatic N) is 3. The van der Waals surface area contributed by atoms with Crippen LogP contribution in [-0.4, -0.2) is 72.6 Å². The number of ether oxygens (including phenoxy) is 1. The van der Waals surface area contributed by atoms with Crippen LogP contribution in [0.5, 0.6) is 0 Å². The zero-order valence-corrected chi connectivity index (χ0v) is 21.3. The van der Waals surface area contributed by atoms with E-state index in [2.05, 4.69) is 17.1 Å². The normalized spacial score (nSPS) is 21.1. The van der Waals surface area contributed by atoms with E-state index in [0.29, 0.717) is 18.3 Å². The van der Waals surface area contributed by atoms with E-state index in [1.807, 2.05) is 20.8 Å². The number of halogens is 1. The Morgan fingerprint density at radius 2 is 1.77 bits per heavy atom. The first-order valence-electron chi connectivity index (χ1n) is 11.0. The lowest BCUT2D eigenvalue weighted by Crippen LogP contribution is -2.47. The molecule has 8 nitrogen and oxygen atoms in total. The maximum Gasteiger partial charge on any atom is 0.410 e. The van der Waals surface area contributed by atoms with Crippen LogP contribution in [0.15, 0.2) is 4.99 Å². The summed E-state index contributed by atoms with van der Waals surface area (Å²) in [5.74, 6) is 1.47. The first kappa shape index (κ1) is 26.8. The fraction of sp³-hybridized carbons (Fsp3) is 0.857. The van der Waals surface area contributed by atoms with E-state index in [-0.39, 0.29) is 36.0 Å². The van der Waals surface area contributed by atoms with Gasteiger partial charge in [-0.25, -0.2) is 4.79 Å². The lowest BCUT2D eigenvalue weighted by atomic mass is 9.94. The summed E-state index contributed by atoms with van der Waals surface area (Å²) in [5.41, 5.74) is 4.93. The van der Waals surface area contributed by atoms with Gasteiger partial charge in [-0.3, -0.25) is 9.79 Å². The van der Waals surface area contributed by atoms with Gasteiger partial charge in [-0.15, -0.1) is 24.0 Å². The van der Waals surface area contributed by atoms with Gasteiger partial charge in [-0.05, 0) is 65.2 Å². The van der Waals surface area contributed by atoms with E-state index in [9.17, 15) is 9.59 Å². The van der Waals surface area contributed by atoms with Gasteiger partial charge in [0.1, 0.15) is 5.60 Å². The summed E-state index contributed by atoms with van der Waals surface area (Å²) < 4.78 is 5.47. The predicted molar refractivity (Wildman–Crippen MR) is 130 cm³/mol. The van der Waals surface area contributed by atoms with Crippen molar-refractivity contribution < 1.29 is 14.3 Å². The summed E-state index contributed by atoms with van der Waals surface area (Å²) in [6.45, 7) is 12.5. The molecule has 2 rings (SSSR count). The molecular formula is C21H40IN5O3. The Balaban J connectivity index is 0.00000450. The number of nitrogens with two attached hydrogens (primary N) is 1. The number of hydrogen-bond donors (Lipinski definition) is 2. The maximum absolute atomic E-state index is 12.2. The lowest BCUT2D eigenvalue weighted by molar-refractivity contribution is -0.119. The minimum Gasteiger partial charge on any atom is -0.444 e. The van der Waals surface area contributed by atoms with Crippen LogP contribution in [0.4, 0.5) is 4.79 Å². The number of nitrogens with one attached hydrogen (secondary N) is 1. The number of aliphatic imine (C=N–C) groups is 1. The van der Waals surface area contributed by atoms with Gasteiger partial charge in [0.2, 0.25) is 5.91 Å². The van der Waals surface area contributed by atoms with Crippen molar-refractivity contribution in [3.05, 3.63) is 0 Å². The van der Waals surface area contributed by atoms with Gasteiger partial charge in [-0.2, -0.15) is 0 Å². The van der Waals surface area contributed by atoms with Crippen molar-refractivity contribution >= 4 is 41.9 Å². The Labute approximate surface area is 198 Å². The molecule has 0 bridgehead atoms. The molecule has 2 aliphatic heterocycles. The van der Waals surface area contributed by atoms with Crippen molar-refractivity contribution in [1.29, 1.82) is 0 Å². The van der Waals surface area contributed by atoms with Crippen molar-refractivity contribution in [2.45, 2.75) is 65.4 Å². The highest BCUT2D eigenvalue weighted by atomic mass is 127. The van der Waals surface area contributed by atoms with Crippen LogP contribution in [0, 0.1) is 11.8 Å². The summed E-state index contributed by atoms with van der Waals surface area (Å²) in [6.07, 6.45) is 4.19. The highest BCUT2D eigenvalue weighted by Crippen LogP contribution is 2.22. The van der Waals surface area contributed by atoms with Gasteiger partial charge in [0.15, 0.2) is 5.96 Å². The van der Waals surface area contributed by atoms with Gasteiger partial charge in [0, 0.05) is 45.7 Å². The quantitative estimate of drug-likeness (QED) is 0.319. The average molecular weight is 537 g/mol. The third-order valence-corrected chi connectivity index (χ3v) is 5.41. The van der Waals surface area contributed by atoms with E-state index in [4.69, 9.17) is 15.5 Å². The van der Waals surface area contributed by atoms with Gasteiger partial charge >= 0.3 is 6.09 Å². The number of rotatable bonds is 5. The SMILES string of the molecule is CCNC(=NCC1CCN(C(=O)OC(C)(C)C)CC1)N1CCCC(CC(N)=O)C1.I. The van der Waals surface area contributed by atoms with Crippen molar-refractivity contribution in [3.63, 3.8) is 0 Å². The number of likely N-dealkylation sites (tertiary alicyclic amines) is 2. The number of carbonyl (C=O) groups is 2. The minimum absolute atomic E-state index is 0. The van der Waals surface area contributed by atoms with Crippen LogP contribution in [-0.2, 0) is 9.53 Å². The Bertz CT molecular complexity index is 586. The zero-order chi connectivity index (χ0) is 21.4. The monoisotopic (exact) mass is 537 g/mol. The standard InChI is InChI=1S/C21H39N5O3.HI/c1-5-23-19(26-10-6-7-17(15-26)13-18(22)27)24-14-16-8-11-25(12-9-16)20(28)29-21(2,3)4;/h16-17H,5-15H2,1-4H3,(H2,22,27)(H,23,24);1H. The Hall–Kier alpha value is -1.26. The fourth-order valence-corrected chi connectivity index (χ4v) is 3.97. The molecule has 0 aromatic carbocycles. The highest BCUT2D eigenvalue weighted by Gasteiger charge is 2.27. The molecular weight excluding hydrogens is 497 g/mol. The lowest BCUT2D eigenvalue weighted by Gasteiger charge is -2.35. The van der Waals surface area contributed by atoms with Crippen molar-refractivity contribution in [2.75, 3.05) is 39.3 Å². The minimum atomic E-state index is -0.459. The molecule has 2 heterocycles. The molecule has 1 unspecified atom stereocenters. The zero-order valence-electron chi connectivity index (χ0n) is 19.0. The number of guanidine groups is 1. The van der Waals surface area contributed by atoms with Gasteiger partial charge in [0.05, 0.1) is 0 Å². The summed E-state index contributed by atoms with van der Waals surface area (Å²) in [5, 5.41) is 3.39. The van der Waals surface area contributed by atoms with Crippen LogP contribution >= 0.6 is 24.0 Å². The molecule has 2 fully saturated rings. The predicted octanol–water partition coefficient (Wildman–Crippen LogP) is 2.80. The van der Waals surface area contributed by atoms with E-state index >= 15 is 0 Å². The van der Waals surface area contributed by atoms with E-state index in [1.54, 1.807) is 4.90 Å². The largest absolute Gasteiger partial charge is 0.444 e. The topological polar surface area (TPSA) is 100 Å². The number of carbonyl (C=O) groups excluding carboxylic acids is 2. The van der Waals surface area contributed by atoms with Crippen molar-refractivity contribution in [3.8, 4) is 0 Å². The smallest absolute Gasteiger partial charge is 0.410 e. The second-order valence-electron chi connectivity index (χ2n) is 9.23. The third kappa shape index (κ3) is 9.26. The summed E-state index contributed by atoms with van der Waals surface area (Å²) in [6, 6.07) is 0. The molecule has 9 heteroatoms. The summed E-state index contributed by atoms with van der Waals surface area (Å²) in [4.78, 5) is 32.4. The van der Waals surface area contributed by atoms with Crippen molar-refractivity contribution in [2.24, 2.45) is 22.6 Å². The number of primary amides is 1. The van der Waals surface area contributed by atoms with Crippen LogP contribution in [0.3, 0.4) is 0 Å². The summed E-state index contributed by atoms with van der Waals surface area (Å²) >= 11 is 0. The molecule has 0 spiro atoms. The second-order valence-corrected chi connectivity index (χ2v) is 9.23. The molecule has 0 aromatic heterocycles. The number of amides is 2. The fourth-order valence-electron chi connectivity index (χ4n) is 3.97. The molecule has 2 amide bonds. The second kappa shape index (κ2) is 12.6. The molecule has 0 saturated carbocycles. The molecule has 1 atom stereocenters. The first-order chi connectivity index (χ1) is 13.7. The van der Waals surface area contributed by atoms with E-state index in [0.717, 1.165) is 70.9 Å². The van der Waals surface area contributed by atoms with Gasteiger partial charge in [-0.1, -0.05) is 0 Å². The van der Waals surface area contributed by atoms with Crippen LogP contribution in [0.25, 0.3) is 0 Å². The van der Waals surface area contributed by atoms with Gasteiger partial charge in [0.25, 0.3) is 0 Å². The molecule has 0 aliphatic carbocycles. The van der Waals surface area contributed by atoms with Crippen LogP contribution < -0.4 is 11.1 Å². The molecule has 2 aliphatic rings. The Morgan fingerprint density at radius 3 is 2.33 bits per heavy atom. The van der Waals surface area contributed by atoms with Crippen molar-refractivity contribution in [1.82, 2.24) is 15.1 Å². The molecule has 174 valence electrons. The van der Waals surface area contributed by atoms with Gasteiger partial charge < -0.3 is 25.6 Å². The first-order valence-corrected chi connectivity index (χ1v) is 11.0. The maximum atomic E-state index is 12.2. The average Bonchev–Trinajstić information content (AvgIpc) is 2.64. The Morgan fingerprint density at radius 1 is 1.10 bits per heavy atom. The molecule has 0 aromatic rings. The molecule has 3 N–H and O–H groups in total. The Kier molecular flexibility index (Phi) is 11.2. The number of hydrogen-bond acceptors (Lipinski definition) is 4. The van der Waals surface area contributed by atoms with Crippen LogP contribution in [0.1, 0.15) is 59.8 Å². The molecule has 30 heavy (non-hydrogen) atoms. The number of piperidine rings is 2. The molecule has 0 radical (unpaired) electrons. The highest BCUT2D eigenvalue weighted by molar-refractivity contribution is 14.0. The van der Waals surface area contributed by atoms with E-state index < -0.39 is 5.60 Å². The third-order valence-electron chi connectivity index (χ3n) is 5.41. The van der Waals surface area contributed by atoms with E-state index in [1.165, 1.54) is 0 Å². The molecule has 2 saturated heterocycles. The van der Waals surface area contributed by atoms with Crippen LogP contribution in [0.2, 0.25) is 0 Å². The summed E-state index contributed by atoms with van der Waals surface area (Å²) in [7, 11) is 0.